The number of rotatable bonds is 2. The zero-order chi connectivity index (χ0) is 16.4. The summed E-state index contributed by atoms with van der Waals surface area (Å²) >= 11 is 0. The molecule has 3 unspecified atom stereocenters. The lowest BCUT2D eigenvalue weighted by molar-refractivity contribution is -0.311. The van der Waals surface area contributed by atoms with Crippen LogP contribution in [0.4, 0.5) is 0 Å². The Bertz CT molecular complexity index is 650. The average molecular weight is 323 g/mol. The number of hydrogen-bond acceptors (Lipinski definition) is 3. The van der Waals surface area contributed by atoms with Gasteiger partial charge in [-0.2, -0.15) is 0 Å². The van der Waals surface area contributed by atoms with Crippen LogP contribution >= 0.6 is 0 Å². The van der Waals surface area contributed by atoms with Gasteiger partial charge < -0.3 is 9.47 Å². The van der Waals surface area contributed by atoms with Gasteiger partial charge in [-0.05, 0) is 24.6 Å². The van der Waals surface area contributed by atoms with Crippen molar-refractivity contribution in [2.24, 2.45) is 0 Å². The summed E-state index contributed by atoms with van der Waals surface area (Å²) in [5.74, 6) is -0.0521. The molecule has 3 heteroatoms. The largest absolute Gasteiger partial charge is 0.347 e. The third-order valence-electron chi connectivity index (χ3n) is 5.40. The normalized spacial score (nSPS) is 31.2. The molecule has 0 N–H and O–H groups in total. The zero-order valence-corrected chi connectivity index (χ0v) is 14.2. The Morgan fingerprint density at radius 3 is 2.21 bits per heavy atom. The van der Waals surface area contributed by atoms with E-state index in [9.17, 15) is 0 Å². The van der Waals surface area contributed by atoms with E-state index in [1.807, 2.05) is 0 Å². The van der Waals surface area contributed by atoms with E-state index < -0.39 is 5.79 Å². The van der Waals surface area contributed by atoms with Gasteiger partial charge in [-0.3, -0.25) is 4.90 Å². The molecule has 0 radical (unpaired) electrons. The van der Waals surface area contributed by atoms with Crippen LogP contribution in [0, 0.1) is 0 Å². The minimum atomic E-state index is -0.514. The molecule has 2 aliphatic rings. The molecule has 0 amide bonds. The van der Waals surface area contributed by atoms with Gasteiger partial charge in [0.25, 0.3) is 0 Å². The topological polar surface area (TPSA) is 21.7 Å². The first-order valence-corrected chi connectivity index (χ1v) is 8.86. The van der Waals surface area contributed by atoms with Gasteiger partial charge in [-0.1, -0.05) is 60.7 Å². The van der Waals surface area contributed by atoms with Crippen molar-refractivity contribution in [1.29, 1.82) is 0 Å². The number of benzene rings is 2. The highest BCUT2D eigenvalue weighted by Crippen LogP contribution is 2.45. The van der Waals surface area contributed by atoms with Crippen molar-refractivity contribution >= 4 is 0 Å². The summed E-state index contributed by atoms with van der Waals surface area (Å²) in [4.78, 5) is 2.38. The monoisotopic (exact) mass is 323 g/mol. The smallest absolute Gasteiger partial charge is 0.188 e. The molecule has 3 nitrogen and oxygen atoms in total. The maximum Gasteiger partial charge on any atom is 0.188 e. The molecule has 0 aliphatic carbocycles. The standard InChI is InChI=1S/C21H25NO2/c1-22-14-15-23-21(20(22)18-10-6-3-7-11-18)13-12-19(16-24-21)17-8-4-2-5-9-17/h2-11,19-20H,12-16H2,1H3. The zero-order valence-electron chi connectivity index (χ0n) is 14.2. The highest BCUT2D eigenvalue weighted by Gasteiger charge is 2.49. The number of nitrogens with zero attached hydrogens (tertiary/aromatic N) is 1. The summed E-state index contributed by atoms with van der Waals surface area (Å²) in [6, 6.07) is 21.5. The van der Waals surface area contributed by atoms with Crippen LogP contribution in [0.3, 0.4) is 0 Å². The molecule has 0 aromatic heterocycles. The summed E-state index contributed by atoms with van der Waals surface area (Å²) in [7, 11) is 2.18. The predicted octanol–water partition coefficient (Wildman–Crippen LogP) is 3.98. The molecule has 3 atom stereocenters. The molecule has 0 bridgehead atoms. The molecule has 2 saturated heterocycles. The number of morpholine rings is 1. The lowest BCUT2D eigenvalue weighted by atomic mass is 9.84. The molecule has 2 aromatic rings. The Labute approximate surface area is 144 Å². The second-order valence-corrected chi connectivity index (χ2v) is 6.91. The Morgan fingerprint density at radius 1 is 0.917 bits per heavy atom. The van der Waals surface area contributed by atoms with Crippen LogP contribution in [-0.2, 0) is 9.47 Å². The van der Waals surface area contributed by atoms with Crippen LogP contribution in [0.1, 0.15) is 35.9 Å². The van der Waals surface area contributed by atoms with E-state index in [1.54, 1.807) is 0 Å². The maximum absolute atomic E-state index is 6.45. The van der Waals surface area contributed by atoms with E-state index in [2.05, 4.69) is 72.6 Å². The summed E-state index contributed by atoms with van der Waals surface area (Å²) in [6.07, 6.45) is 2.03. The van der Waals surface area contributed by atoms with Gasteiger partial charge in [0.15, 0.2) is 5.79 Å². The summed E-state index contributed by atoms with van der Waals surface area (Å²) in [6.45, 7) is 2.39. The fourth-order valence-corrected chi connectivity index (χ4v) is 4.14. The van der Waals surface area contributed by atoms with Gasteiger partial charge in [-0.25, -0.2) is 0 Å². The predicted molar refractivity (Wildman–Crippen MR) is 94.9 cm³/mol. The van der Waals surface area contributed by atoms with E-state index in [0.717, 1.165) is 32.6 Å². The van der Waals surface area contributed by atoms with Crippen LogP contribution in [0.2, 0.25) is 0 Å². The van der Waals surface area contributed by atoms with Crippen LogP contribution in [0.5, 0.6) is 0 Å². The Hall–Kier alpha value is -1.68. The lowest BCUT2D eigenvalue weighted by Gasteiger charge is -2.51. The fraction of sp³-hybridized carbons (Fsp3) is 0.429. The van der Waals surface area contributed by atoms with Crippen molar-refractivity contribution in [3.63, 3.8) is 0 Å². The van der Waals surface area contributed by atoms with Crippen LogP contribution in [-0.4, -0.2) is 37.5 Å². The summed E-state index contributed by atoms with van der Waals surface area (Å²) in [5, 5.41) is 0. The van der Waals surface area contributed by atoms with Crippen LogP contribution in [0.15, 0.2) is 60.7 Å². The first kappa shape index (κ1) is 15.8. The fourth-order valence-electron chi connectivity index (χ4n) is 4.14. The van der Waals surface area contributed by atoms with Gasteiger partial charge in [0, 0.05) is 18.9 Å². The molecule has 0 saturated carbocycles. The first-order valence-electron chi connectivity index (χ1n) is 8.86. The molecule has 2 aliphatic heterocycles. The van der Waals surface area contributed by atoms with Gasteiger partial charge in [0.1, 0.15) is 0 Å². The van der Waals surface area contributed by atoms with Crippen molar-refractivity contribution in [3.8, 4) is 0 Å². The quantitative estimate of drug-likeness (QED) is 0.834. The summed E-state index contributed by atoms with van der Waals surface area (Å²) in [5.41, 5.74) is 2.64. The lowest BCUT2D eigenvalue weighted by Crippen LogP contribution is -2.56. The van der Waals surface area contributed by atoms with E-state index in [-0.39, 0.29) is 6.04 Å². The third kappa shape index (κ3) is 2.88. The first-order chi connectivity index (χ1) is 11.8. The van der Waals surface area contributed by atoms with Crippen molar-refractivity contribution < 1.29 is 9.47 Å². The molecule has 2 aromatic carbocycles. The molecule has 24 heavy (non-hydrogen) atoms. The molecule has 4 rings (SSSR count). The van der Waals surface area contributed by atoms with Gasteiger partial charge >= 0.3 is 0 Å². The van der Waals surface area contributed by atoms with Gasteiger partial charge in [-0.15, -0.1) is 0 Å². The Kier molecular flexibility index (Phi) is 4.40. The van der Waals surface area contributed by atoms with Gasteiger partial charge in [0.05, 0.1) is 19.3 Å². The second-order valence-electron chi connectivity index (χ2n) is 6.91. The van der Waals surface area contributed by atoms with Gasteiger partial charge in [0.2, 0.25) is 0 Å². The SMILES string of the molecule is CN1CCOC2(CCC(c3ccccc3)CO2)C1c1ccccc1. The van der Waals surface area contributed by atoms with E-state index >= 15 is 0 Å². The van der Waals surface area contributed by atoms with E-state index in [1.165, 1.54) is 11.1 Å². The van der Waals surface area contributed by atoms with Crippen molar-refractivity contribution in [2.45, 2.75) is 30.6 Å². The van der Waals surface area contributed by atoms with E-state index in [0.29, 0.717) is 5.92 Å². The maximum atomic E-state index is 6.45. The number of hydrogen-bond donors (Lipinski definition) is 0. The molecule has 2 heterocycles. The molecule has 2 fully saturated rings. The molecule has 126 valence electrons. The highest BCUT2D eigenvalue weighted by atomic mass is 16.7. The highest BCUT2D eigenvalue weighted by molar-refractivity contribution is 5.24. The van der Waals surface area contributed by atoms with Crippen molar-refractivity contribution in [2.75, 3.05) is 26.8 Å². The number of ether oxygens (including phenoxy) is 2. The Balaban J connectivity index is 1.57. The molecular formula is C21H25NO2. The van der Waals surface area contributed by atoms with Crippen molar-refractivity contribution in [3.05, 3.63) is 71.8 Å². The molecule has 1 spiro atoms. The van der Waals surface area contributed by atoms with Crippen LogP contribution < -0.4 is 0 Å². The van der Waals surface area contributed by atoms with E-state index in [4.69, 9.17) is 9.47 Å². The number of likely N-dealkylation sites (N-methyl/N-ethyl adjacent to an activating group) is 1. The minimum Gasteiger partial charge on any atom is -0.347 e. The molecular weight excluding hydrogens is 298 g/mol. The van der Waals surface area contributed by atoms with Crippen molar-refractivity contribution in [1.82, 2.24) is 4.90 Å². The average Bonchev–Trinajstić information content (AvgIpc) is 2.64. The second kappa shape index (κ2) is 6.67. The van der Waals surface area contributed by atoms with Crippen LogP contribution in [0.25, 0.3) is 0 Å². The summed E-state index contributed by atoms with van der Waals surface area (Å²) < 4.78 is 12.7. The Morgan fingerprint density at radius 2 is 1.58 bits per heavy atom. The minimum absolute atomic E-state index is 0.157. The third-order valence-corrected chi connectivity index (χ3v) is 5.40.